The lowest BCUT2D eigenvalue weighted by molar-refractivity contribution is -0.157. The average molecular weight is 227 g/mol. The van der Waals surface area contributed by atoms with E-state index in [-0.39, 0.29) is 17.5 Å². The second-order valence-corrected chi connectivity index (χ2v) is 6.08. The molecule has 0 aromatic heterocycles. The van der Waals surface area contributed by atoms with Crippen molar-refractivity contribution in [1.82, 2.24) is 0 Å². The number of esters is 1. The number of rotatable bonds is 2. The van der Waals surface area contributed by atoms with Gasteiger partial charge in [-0.3, -0.25) is 4.79 Å². The van der Waals surface area contributed by atoms with Gasteiger partial charge < -0.3 is 10.5 Å². The zero-order valence-corrected chi connectivity index (χ0v) is 11.0. The van der Waals surface area contributed by atoms with Crippen LogP contribution in [0.1, 0.15) is 53.4 Å². The summed E-state index contributed by atoms with van der Waals surface area (Å²) in [5.74, 6) is 0.233. The largest absolute Gasteiger partial charge is 0.461 e. The molecule has 1 aliphatic rings. The number of hydrogen-bond acceptors (Lipinski definition) is 3. The molecular formula is C13H25NO2. The van der Waals surface area contributed by atoms with Gasteiger partial charge in [-0.25, -0.2) is 0 Å². The zero-order valence-electron chi connectivity index (χ0n) is 11.0. The van der Waals surface area contributed by atoms with Crippen molar-refractivity contribution < 1.29 is 9.53 Å². The fourth-order valence-corrected chi connectivity index (χ4v) is 2.03. The summed E-state index contributed by atoms with van der Waals surface area (Å²) in [6.07, 6.45) is 4.63. The van der Waals surface area contributed by atoms with Crippen LogP contribution in [-0.2, 0) is 9.53 Å². The number of nitrogens with two attached hydrogens (primary N) is 1. The molecule has 0 amide bonds. The van der Waals surface area contributed by atoms with Crippen LogP contribution in [0.4, 0.5) is 0 Å². The highest BCUT2D eigenvalue weighted by atomic mass is 16.5. The van der Waals surface area contributed by atoms with Gasteiger partial charge >= 0.3 is 5.97 Å². The van der Waals surface area contributed by atoms with Crippen LogP contribution in [-0.4, -0.2) is 18.1 Å². The second-order valence-electron chi connectivity index (χ2n) is 6.08. The van der Waals surface area contributed by atoms with Gasteiger partial charge in [-0.05, 0) is 30.6 Å². The lowest BCUT2D eigenvalue weighted by Crippen LogP contribution is -2.45. The van der Waals surface area contributed by atoms with Gasteiger partial charge in [0.1, 0.15) is 12.1 Å². The van der Waals surface area contributed by atoms with Crippen molar-refractivity contribution in [3.05, 3.63) is 0 Å². The molecule has 1 fully saturated rings. The molecule has 16 heavy (non-hydrogen) atoms. The van der Waals surface area contributed by atoms with Crippen LogP contribution in [0, 0.1) is 11.3 Å². The van der Waals surface area contributed by atoms with Gasteiger partial charge in [0, 0.05) is 0 Å². The highest BCUT2D eigenvalue weighted by molar-refractivity contribution is 5.76. The Balaban J connectivity index is 2.50. The fraction of sp³-hybridized carbons (Fsp3) is 0.923. The number of ether oxygens (including phenoxy) is 1. The van der Waals surface area contributed by atoms with Gasteiger partial charge in [-0.15, -0.1) is 0 Å². The highest BCUT2D eigenvalue weighted by Crippen LogP contribution is 2.27. The Kier molecular flexibility index (Phi) is 4.36. The summed E-state index contributed by atoms with van der Waals surface area (Å²) in [6.45, 7) is 8.04. The molecule has 0 radical (unpaired) electrons. The Hall–Kier alpha value is -0.570. The van der Waals surface area contributed by atoms with Crippen LogP contribution in [0.2, 0.25) is 0 Å². The van der Waals surface area contributed by atoms with Gasteiger partial charge in [-0.1, -0.05) is 34.1 Å². The molecule has 0 aliphatic heterocycles. The molecule has 2 N–H and O–H groups in total. The third-order valence-corrected chi connectivity index (χ3v) is 3.49. The molecule has 0 heterocycles. The Morgan fingerprint density at radius 2 is 1.88 bits per heavy atom. The Morgan fingerprint density at radius 3 is 2.38 bits per heavy atom. The highest BCUT2D eigenvalue weighted by Gasteiger charge is 2.32. The number of carbonyl (C=O) groups is 1. The first-order valence-corrected chi connectivity index (χ1v) is 6.28. The first kappa shape index (κ1) is 13.5. The molecular weight excluding hydrogens is 202 g/mol. The minimum absolute atomic E-state index is 0.0784. The fourth-order valence-electron chi connectivity index (χ4n) is 2.03. The predicted octanol–water partition coefficient (Wildman–Crippen LogP) is 2.48. The standard InChI is InChI=1S/C13H25NO2/c1-9-7-5-6-8-10(9)16-12(15)11(14)13(2,3)4/h9-11H,5-8,14H2,1-4H3. The van der Waals surface area contributed by atoms with Crippen LogP contribution in [0.25, 0.3) is 0 Å². The zero-order chi connectivity index (χ0) is 12.3. The van der Waals surface area contributed by atoms with E-state index in [0.29, 0.717) is 5.92 Å². The molecule has 0 spiro atoms. The molecule has 0 bridgehead atoms. The van der Waals surface area contributed by atoms with Crippen LogP contribution < -0.4 is 5.73 Å². The van der Waals surface area contributed by atoms with Crippen molar-refractivity contribution in [2.24, 2.45) is 17.1 Å². The molecule has 1 rings (SSSR count). The lowest BCUT2D eigenvalue weighted by atomic mass is 9.86. The van der Waals surface area contributed by atoms with Crippen molar-refractivity contribution in [2.45, 2.75) is 65.5 Å². The molecule has 94 valence electrons. The molecule has 3 atom stereocenters. The first-order chi connectivity index (χ1) is 7.32. The molecule has 0 saturated heterocycles. The topological polar surface area (TPSA) is 52.3 Å². The summed E-state index contributed by atoms with van der Waals surface area (Å²) in [7, 11) is 0. The summed E-state index contributed by atoms with van der Waals surface area (Å²) in [5, 5.41) is 0. The Morgan fingerprint density at radius 1 is 1.31 bits per heavy atom. The van der Waals surface area contributed by atoms with E-state index in [0.717, 1.165) is 19.3 Å². The summed E-state index contributed by atoms with van der Waals surface area (Å²) in [5.41, 5.74) is 5.66. The van der Waals surface area contributed by atoms with Crippen molar-refractivity contribution >= 4 is 5.97 Å². The van der Waals surface area contributed by atoms with E-state index in [9.17, 15) is 4.79 Å². The quantitative estimate of drug-likeness (QED) is 0.737. The molecule has 0 aromatic rings. The van der Waals surface area contributed by atoms with E-state index in [1.54, 1.807) is 0 Å². The summed E-state index contributed by atoms with van der Waals surface area (Å²) in [4.78, 5) is 11.9. The summed E-state index contributed by atoms with van der Waals surface area (Å²) in [6, 6.07) is -0.526. The normalized spacial score (nSPS) is 28.6. The van der Waals surface area contributed by atoms with E-state index in [4.69, 9.17) is 10.5 Å². The van der Waals surface area contributed by atoms with E-state index in [1.807, 2.05) is 20.8 Å². The molecule has 3 unspecified atom stereocenters. The van der Waals surface area contributed by atoms with Gasteiger partial charge in [0.2, 0.25) is 0 Å². The average Bonchev–Trinajstić information content (AvgIpc) is 2.19. The van der Waals surface area contributed by atoms with Gasteiger partial charge in [0.25, 0.3) is 0 Å². The monoisotopic (exact) mass is 227 g/mol. The maximum absolute atomic E-state index is 11.9. The third-order valence-electron chi connectivity index (χ3n) is 3.49. The van der Waals surface area contributed by atoms with Gasteiger partial charge in [-0.2, -0.15) is 0 Å². The lowest BCUT2D eigenvalue weighted by Gasteiger charge is -2.32. The Bertz CT molecular complexity index is 245. The minimum atomic E-state index is -0.526. The molecule has 1 aliphatic carbocycles. The molecule has 1 saturated carbocycles. The van der Waals surface area contributed by atoms with Crippen molar-refractivity contribution in [3.8, 4) is 0 Å². The molecule has 0 aromatic carbocycles. The second kappa shape index (κ2) is 5.17. The van der Waals surface area contributed by atoms with Crippen molar-refractivity contribution in [3.63, 3.8) is 0 Å². The first-order valence-electron chi connectivity index (χ1n) is 6.28. The smallest absolute Gasteiger partial charge is 0.323 e. The number of carbonyl (C=O) groups excluding carboxylic acids is 1. The molecule has 3 heteroatoms. The maximum Gasteiger partial charge on any atom is 0.323 e. The molecule has 3 nitrogen and oxygen atoms in total. The van der Waals surface area contributed by atoms with Crippen molar-refractivity contribution in [1.29, 1.82) is 0 Å². The predicted molar refractivity (Wildman–Crippen MR) is 64.9 cm³/mol. The minimum Gasteiger partial charge on any atom is -0.461 e. The summed E-state index contributed by atoms with van der Waals surface area (Å²) < 4.78 is 5.53. The van der Waals surface area contributed by atoms with Crippen LogP contribution >= 0.6 is 0 Å². The van der Waals surface area contributed by atoms with E-state index in [1.165, 1.54) is 6.42 Å². The number of hydrogen-bond donors (Lipinski definition) is 1. The summed E-state index contributed by atoms with van der Waals surface area (Å²) >= 11 is 0. The third kappa shape index (κ3) is 3.48. The SMILES string of the molecule is CC1CCCCC1OC(=O)C(N)C(C)(C)C. The van der Waals surface area contributed by atoms with E-state index in [2.05, 4.69) is 6.92 Å². The van der Waals surface area contributed by atoms with Crippen LogP contribution in [0.5, 0.6) is 0 Å². The van der Waals surface area contributed by atoms with Crippen LogP contribution in [0.3, 0.4) is 0 Å². The van der Waals surface area contributed by atoms with Crippen molar-refractivity contribution in [2.75, 3.05) is 0 Å². The Labute approximate surface area is 98.7 Å². The van der Waals surface area contributed by atoms with Crippen LogP contribution in [0.15, 0.2) is 0 Å². The van der Waals surface area contributed by atoms with Gasteiger partial charge in [0.15, 0.2) is 0 Å². The van der Waals surface area contributed by atoms with E-state index >= 15 is 0 Å². The van der Waals surface area contributed by atoms with Gasteiger partial charge in [0.05, 0.1) is 0 Å². The van der Waals surface area contributed by atoms with E-state index < -0.39 is 6.04 Å². The maximum atomic E-state index is 11.9.